The van der Waals surface area contributed by atoms with E-state index < -0.39 is 10.4 Å². The van der Waals surface area contributed by atoms with E-state index in [1.807, 2.05) is 0 Å². The SMILES string of the molecule is F.O=S(=O)(O)O.[Ba+2].[H-].[H-].[H-].[H-].[Mg+2]. The minimum Gasteiger partial charge on any atom is -1.00 e. The fourth-order valence-corrected chi connectivity index (χ4v) is 0. The summed E-state index contributed by atoms with van der Waals surface area (Å²) >= 11 is 0. The Hall–Kier alpha value is 2.14. The third-order valence-corrected chi connectivity index (χ3v) is 0. The van der Waals surface area contributed by atoms with Crippen molar-refractivity contribution in [3.63, 3.8) is 0 Å². The molecule has 0 aromatic carbocycles. The first-order chi connectivity index (χ1) is 2.00. The Morgan fingerprint density at radius 1 is 1.25 bits per heavy atom. The zero-order valence-corrected chi connectivity index (χ0v) is 10.6. The van der Waals surface area contributed by atoms with E-state index >= 15 is 0 Å². The van der Waals surface area contributed by atoms with Crippen molar-refractivity contribution in [1.29, 1.82) is 0 Å². The second-order valence-corrected chi connectivity index (χ2v) is 1.34. The quantitative estimate of drug-likeness (QED) is 0.450. The molecule has 8 heavy (non-hydrogen) atoms. The summed E-state index contributed by atoms with van der Waals surface area (Å²) < 4.78 is 31.6. The van der Waals surface area contributed by atoms with Crippen LogP contribution >= 0.6 is 0 Å². The Balaban J connectivity index is -0.00000000381. The van der Waals surface area contributed by atoms with Crippen LogP contribution in [0.15, 0.2) is 0 Å². The molecule has 0 bridgehead atoms. The van der Waals surface area contributed by atoms with Crippen molar-refractivity contribution < 1.29 is 27.9 Å². The second-order valence-electron chi connectivity index (χ2n) is 0.448. The first kappa shape index (κ1) is 22.5. The molecule has 0 radical (unpaired) electrons. The van der Waals surface area contributed by atoms with Crippen molar-refractivity contribution in [1.82, 2.24) is 0 Å². The molecule has 0 heterocycles. The molecule has 0 aliphatic heterocycles. The molecule has 2 N–H and O–H groups in total. The molecular weight excluding hydrogens is 277 g/mol. The summed E-state index contributed by atoms with van der Waals surface area (Å²) in [6, 6.07) is 0. The topological polar surface area (TPSA) is 74.6 Å². The Kier molecular flexibility index (Phi) is 25.7. The van der Waals surface area contributed by atoms with Crippen molar-refractivity contribution >= 4 is 82.3 Å². The monoisotopic (exact) mass is 284 g/mol. The van der Waals surface area contributed by atoms with Crippen molar-refractivity contribution in [3.05, 3.63) is 0 Å². The minimum absolute atomic E-state index is 0. The van der Waals surface area contributed by atoms with Crippen LogP contribution in [0.4, 0.5) is 4.70 Å². The first-order valence-corrected chi connectivity index (χ1v) is 2.10. The van der Waals surface area contributed by atoms with Crippen molar-refractivity contribution in [2.45, 2.75) is 0 Å². The van der Waals surface area contributed by atoms with Crippen LogP contribution in [0.25, 0.3) is 0 Å². The third kappa shape index (κ3) is 90.7. The van der Waals surface area contributed by atoms with Crippen LogP contribution in [0.3, 0.4) is 0 Å². The van der Waals surface area contributed by atoms with E-state index in [9.17, 15) is 0 Å². The molecule has 0 unspecified atom stereocenters. The van der Waals surface area contributed by atoms with Gasteiger partial charge in [-0.25, -0.2) is 0 Å². The predicted octanol–water partition coefficient (Wildman–Crippen LogP) is -0.812. The van der Waals surface area contributed by atoms with Crippen molar-refractivity contribution in [2.24, 2.45) is 0 Å². The third-order valence-electron chi connectivity index (χ3n) is 0. The second kappa shape index (κ2) is 9.14. The molecule has 0 aromatic rings. The zero-order chi connectivity index (χ0) is 4.50. The normalized spacial score (nSPS) is 7.25. The fraction of sp³-hybridized carbons (Fsp3) is 0. The summed E-state index contributed by atoms with van der Waals surface area (Å²) in [5.41, 5.74) is 0. The van der Waals surface area contributed by atoms with E-state index in [1.165, 1.54) is 0 Å². The summed E-state index contributed by atoms with van der Waals surface area (Å²) in [5, 5.41) is 0. The van der Waals surface area contributed by atoms with Crippen molar-refractivity contribution in [2.75, 3.05) is 0 Å². The maximum Gasteiger partial charge on any atom is 2.00 e. The summed E-state index contributed by atoms with van der Waals surface area (Å²) in [4.78, 5) is 0. The number of hydrogen-bond acceptors (Lipinski definition) is 2. The van der Waals surface area contributed by atoms with Crippen molar-refractivity contribution in [3.8, 4) is 0 Å². The minimum atomic E-state index is -4.67. The van der Waals surface area contributed by atoms with Crippen LogP contribution < -0.4 is 0 Å². The molecule has 8 heteroatoms. The van der Waals surface area contributed by atoms with E-state index in [0.717, 1.165) is 0 Å². The molecule has 0 saturated heterocycles. The Morgan fingerprint density at radius 3 is 1.25 bits per heavy atom. The molecule has 4 nitrogen and oxygen atoms in total. The van der Waals surface area contributed by atoms with Crippen LogP contribution in [-0.4, -0.2) is 89.5 Å². The van der Waals surface area contributed by atoms with Crippen LogP contribution in [0.5, 0.6) is 0 Å². The molecule has 0 aliphatic carbocycles. The van der Waals surface area contributed by atoms with Gasteiger partial charge in [-0.1, -0.05) is 0 Å². The maximum atomic E-state index is 8.74. The van der Waals surface area contributed by atoms with Gasteiger partial charge in [-0.3, -0.25) is 13.8 Å². The molecule has 0 amide bonds. The van der Waals surface area contributed by atoms with Gasteiger partial charge < -0.3 is 5.71 Å². The van der Waals surface area contributed by atoms with E-state index in [0.29, 0.717) is 0 Å². The van der Waals surface area contributed by atoms with E-state index in [1.54, 1.807) is 0 Å². The average Bonchev–Trinajstić information content (AvgIpc) is 0.722. The van der Waals surface area contributed by atoms with Crippen LogP contribution in [-0.2, 0) is 10.4 Å². The van der Waals surface area contributed by atoms with Gasteiger partial charge in [0, 0.05) is 0 Å². The zero-order valence-electron chi connectivity index (χ0n) is 7.94. The molecule has 0 fully saturated rings. The molecule has 0 aromatic heterocycles. The molecule has 48 valence electrons. The smallest absolute Gasteiger partial charge is 1.00 e. The molecule has 0 spiro atoms. The number of halogens is 1. The fourth-order valence-electron chi connectivity index (χ4n) is 0. The average molecular weight is 284 g/mol. The van der Waals surface area contributed by atoms with Gasteiger partial charge in [0.15, 0.2) is 0 Å². The molecule has 0 aliphatic rings. The molecule has 0 saturated carbocycles. The van der Waals surface area contributed by atoms with E-state index in [2.05, 4.69) is 0 Å². The van der Waals surface area contributed by atoms with Gasteiger partial charge in [0.2, 0.25) is 0 Å². The largest absolute Gasteiger partial charge is 2.00 e. The summed E-state index contributed by atoms with van der Waals surface area (Å²) in [5.74, 6) is 0. The van der Waals surface area contributed by atoms with Gasteiger partial charge in [-0.05, 0) is 0 Å². The molecule has 0 atom stereocenters. The summed E-state index contributed by atoms with van der Waals surface area (Å²) in [6.45, 7) is 0. The Morgan fingerprint density at radius 2 is 1.25 bits per heavy atom. The standard InChI is InChI=1S/Ba.FH.Mg.H2O4S.4H/c;;;1-5(2,3)4;;;;/h;1H;;(H2,1,2,3,4);;;;/q+2;;+2;;4*-1. The predicted molar refractivity (Wildman–Crippen MR) is 32.6 cm³/mol. The van der Waals surface area contributed by atoms with Gasteiger partial charge in [0.25, 0.3) is 0 Å². The molecular formula is H7BaFMgO4S. The van der Waals surface area contributed by atoms with Gasteiger partial charge in [-0.15, -0.1) is 0 Å². The van der Waals surface area contributed by atoms with Gasteiger partial charge >= 0.3 is 82.3 Å². The van der Waals surface area contributed by atoms with E-state index in [4.69, 9.17) is 17.5 Å². The summed E-state index contributed by atoms with van der Waals surface area (Å²) in [6.07, 6.45) is 0. The molecule has 0 rings (SSSR count). The Labute approximate surface area is 109 Å². The number of rotatable bonds is 0. The first-order valence-electron chi connectivity index (χ1n) is 0.698. The van der Waals surface area contributed by atoms with Crippen LogP contribution in [0.1, 0.15) is 5.71 Å². The van der Waals surface area contributed by atoms with Crippen LogP contribution in [0, 0.1) is 0 Å². The summed E-state index contributed by atoms with van der Waals surface area (Å²) in [7, 11) is -4.67. The number of hydrogen-bond donors (Lipinski definition) is 2. The maximum absolute atomic E-state index is 8.74. The Bertz CT molecular complexity index is 110. The van der Waals surface area contributed by atoms with Gasteiger partial charge in [0.1, 0.15) is 0 Å². The van der Waals surface area contributed by atoms with Gasteiger partial charge in [0.05, 0.1) is 0 Å². The van der Waals surface area contributed by atoms with Gasteiger partial charge in [-0.2, -0.15) is 8.42 Å². The van der Waals surface area contributed by atoms with Crippen LogP contribution in [0.2, 0.25) is 0 Å². The van der Waals surface area contributed by atoms with E-state index in [-0.39, 0.29) is 82.3 Å².